The Labute approximate surface area is 124 Å². The molecule has 1 aromatic carbocycles. The number of nitrogens with zero attached hydrogens (tertiary/aromatic N) is 1. The van der Waals surface area contributed by atoms with Gasteiger partial charge in [-0.05, 0) is 27.7 Å². The highest BCUT2D eigenvalue weighted by molar-refractivity contribution is 7.68. The second-order valence-electron chi connectivity index (χ2n) is 6.82. The molecule has 0 radical (unpaired) electrons. The summed E-state index contributed by atoms with van der Waals surface area (Å²) in [6.45, 7) is 14.0. The summed E-state index contributed by atoms with van der Waals surface area (Å²) in [4.78, 5) is 10.3. The van der Waals surface area contributed by atoms with E-state index in [1.807, 2.05) is 0 Å². The lowest BCUT2D eigenvalue weighted by Gasteiger charge is -2.41. The largest absolute Gasteiger partial charge is 0.252 e. The first kappa shape index (κ1) is 17.4. The van der Waals surface area contributed by atoms with Gasteiger partial charge in [0.15, 0.2) is 0 Å². The highest BCUT2D eigenvalue weighted by Crippen LogP contribution is 2.58. The van der Waals surface area contributed by atoms with Crippen LogP contribution in [-0.4, -0.2) is 24.5 Å². The molecule has 0 aliphatic carbocycles. The van der Waals surface area contributed by atoms with E-state index in [1.54, 1.807) is 14.2 Å². The number of hydrogen-bond donors (Lipinski definition) is 0. The zero-order valence-corrected chi connectivity index (χ0v) is 14.9. The maximum absolute atomic E-state index is 5.14. The first-order valence-corrected chi connectivity index (χ1v) is 8.24. The van der Waals surface area contributed by atoms with Gasteiger partial charge in [0, 0.05) is 0 Å². The van der Waals surface area contributed by atoms with Gasteiger partial charge in [-0.2, -0.15) is 0 Å². The molecule has 0 fully saturated rings. The molecule has 0 saturated carbocycles. The van der Waals surface area contributed by atoms with Crippen LogP contribution in [0, 0.1) is 0 Å². The van der Waals surface area contributed by atoms with Crippen molar-refractivity contribution in [2.75, 3.05) is 19.4 Å². The second kappa shape index (κ2) is 6.43. The quantitative estimate of drug-likeness (QED) is 0.610. The van der Waals surface area contributed by atoms with E-state index in [-0.39, 0.29) is 18.2 Å². The van der Waals surface area contributed by atoms with Crippen molar-refractivity contribution in [3.63, 3.8) is 0 Å². The Morgan fingerprint density at radius 3 is 1.50 bits per heavy atom. The SMILES string of the molecule is CON(OC)c1ccc(P(C(C)(C)C)C(C)(C)C)cc1. The fraction of sp³-hybridized carbons (Fsp3) is 0.625. The summed E-state index contributed by atoms with van der Waals surface area (Å²) in [5, 5.41) is 3.37. The van der Waals surface area contributed by atoms with Crippen molar-refractivity contribution < 1.29 is 9.68 Å². The minimum Gasteiger partial charge on any atom is -0.252 e. The molecule has 0 aliphatic heterocycles. The molecular weight excluding hydrogens is 269 g/mol. The van der Waals surface area contributed by atoms with E-state index >= 15 is 0 Å². The van der Waals surface area contributed by atoms with Gasteiger partial charge in [0.2, 0.25) is 0 Å². The van der Waals surface area contributed by atoms with Crippen LogP contribution in [0.5, 0.6) is 0 Å². The van der Waals surface area contributed by atoms with E-state index in [2.05, 4.69) is 65.8 Å². The fourth-order valence-corrected chi connectivity index (χ4v) is 6.80. The molecule has 0 aromatic heterocycles. The zero-order chi connectivity index (χ0) is 15.6. The van der Waals surface area contributed by atoms with Gasteiger partial charge in [-0.1, -0.05) is 61.6 Å². The van der Waals surface area contributed by atoms with Gasteiger partial charge >= 0.3 is 0 Å². The van der Waals surface area contributed by atoms with E-state index in [0.717, 1.165) is 5.69 Å². The van der Waals surface area contributed by atoms with Crippen molar-refractivity contribution in [2.45, 2.75) is 51.9 Å². The normalized spacial score (nSPS) is 12.8. The van der Waals surface area contributed by atoms with E-state index in [0.29, 0.717) is 0 Å². The number of hydrogen-bond acceptors (Lipinski definition) is 3. The predicted molar refractivity (Wildman–Crippen MR) is 89.0 cm³/mol. The Morgan fingerprint density at radius 1 is 0.800 bits per heavy atom. The molecule has 4 heteroatoms. The van der Waals surface area contributed by atoms with Crippen molar-refractivity contribution >= 4 is 18.9 Å². The number of rotatable bonds is 4. The van der Waals surface area contributed by atoms with Crippen molar-refractivity contribution in [1.29, 1.82) is 0 Å². The van der Waals surface area contributed by atoms with Crippen LogP contribution in [-0.2, 0) is 9.68 Å². The molecule has 0 saturated heterocycles. The molecule has 0 bridgehead atoms. The van der Waals surface area contributed by atoms with Gasteiger partial charge in [-0.15, -0.1) is 5.23 Å². The van der Waals surface area contributed by atoms with Crippen LogP contribution < -0.4 is 10.5 Å². The first-order valence-electron chi connectivity index (χ1n) is 6.90. The van der Waals surface area contributed by atoms with Crippen LogP contribution in [0.15, 0.2) is 24.3 Å². The third kappa shape index (κ3) is 4.18. The average molecular weight is 297 g/mol. The van der Waals surface area contributed by atoms with Gasteiger partial charge in [-0.25, -0.2) is 0 Å². The number of anilines is 1. The van der Waals surface area contributed by atoms with E-state index < -0.39 is 0 Å². The van der Waals surface area contributed by atoms with Crippen LogP contribution in [0.2, 0.25) is 0 Å². The van der Waals surface area contributed by atoms with Crippen LogP contribution in [0.25, 0.3) is 0 Å². The van der Waals surface area contributed by atoms with Crippen LogP contribution >= 0.6 is 7.92 Å². The zero-order valence-electron chi connectivity index (χ0n) is 14.0. The highest BCUT2D eigenvalue weighted by atomic mass is 31.1. The number of benzene rings is 1. The topological polar surface area (TPSA) is 21.7 Å². The van der Waals surface area contributed by atoms with E-state index in [9.17, 15) is 0 Å². The Hall–Kier alpha value is -0.630. The minimum atomic E-state index is -0.278. The molecule has 0 spiro atoms. The summed E-state index contributed by atoms with van der Waals surface area (Å²) in [5.74, 6) is 0. The van der Waals surface area contributed by atoms with Crippen LogP contribution in [0.1, 0.15) is 41.5 Å². The molecule has 0 atom stereocenters. The molecule has 0 unspecified atom stereocenters. The summed E-state index contributed by atoms with van der Waals surface area (Å²) in [5.41, 5.74) is 0.900. The van der Waals surface area contributed by atoms with Gasteiger partial charge < -0.3 is 0 Å². The second-order valence-corrected chi connectivity index (χ2v) is 10.7. The van der Waals surface area contributed by atoms with Crippen molar-refractivity contribution in [3.8, 4) is 0 Å². The first-order chi connectivity index (χ1) is 9.11. The average Bonchev–Trinajstić information content (AvgIpc) is 2.29. The van der Waals surface area contributed by atoms with Crippen LogP contribution in [0.3, 0.4) is 0 Å². The summed E-state index contributed by atoms with van der Waals surface area (Å²) in [6, 6.07) is 8.50. The van der Waals surface area contributed by atoms with Crippen molar-refractivity contribution in [3.05, 3.63) is 24.3 Å². The Balaban J connectivity index is 3.12. The van der Waals surface area contributed by atoms with Gasteiger partial charge in [0.05, 0.1) is 19.9 Å². The lowest BCUT2D eigenvalue weighted by atomic mass is 10.2. The molecule has 0 aliphatic rings. The minimum absolute atomic E-state index is 0.275. The molecule has 3 nitrogen and oxygen atoms in total. The third-order valence-corrected chi connectivity index (χ3v) is 6.49. The maximum Gasteiger partial charge on any atom is 0.0947 e. The molecule has 1 aromatic rings. The third-order valence-electron chi connectivity index (χ3n) is 2.99. The molecule has 0 heterocycles. The van der Waals surface area contributed by atoms with Gasteiger partial charge in [-0.3, -0.25) is 9.68 Å². The monoisotopic (exact) mass is 297 g/mol. The van der Waals surface area contributed by atoms with Gasteiger partial charge in [0.25, 0.3) is 0 Å². The smallest absolute Gasteiger partial charge is 0.0947 e. The fourth-order valence-electron chi connectivity index (χ4n) is 2.79. The molecule has 114 valence electrons. The molecule has 0 N–H and O–H groups in total. The molecule has 20 heavy (non-hydrogen) atoms. The predicted octanol–water partition coefficient (Wildman–Crippen LogP) is 4.32. The maximum atomic E-state index is 5.14. The molecule has 1 rings (SSSR count). The van der Waals surface area contributed by atoms with Crippen molar-refractivity contribution in [2.24, 2.45) is 0 Å². The Kier molecular flexibility index (Phi) is 5.60. The standard InChI is InChI=1S/C16H28NO2P/c1-15(2,3)20(16(4,5)6)14-11-9-13(10-12-14)17(18-7)19-8/h9-12H,1-8H3. The van der Waals surface area contributed by atoms with E-state index in [1.165, 1.54) is 10.5 Å². The summed E-state index contributed by atoms with van der Waals surface area (Å²) >= 11 is 0. The Morgan fingerprint density at radius 2 is 1.20 bits per heavy atom. The summed E-state index contributed by atoms with van der Waals surface area (Å²) in [7, 11) is 2.91. The molecule has 0 amide bonds. The van der Waals surface area contributed by atoms with Gasteiger partial charge in [0.1, 0.15) is 0 Å². The lowest BCUT2D eigenvalue weighted by molar-refractivity contribution is -0.0432. The highest BCUT2D eigenvalue weighted by Gasteiger charge is 2.35. The van der Waals surface area contributed by atoms with E-state index in [4.69, 9.17) is 9.68 Å². The van der Waals surface area contributed by atoms with Crippen LogP contribution in [0.4, 0.5) is 5.69 Å². The Bertz CT molecular complexity index is 400. The molecular formula is C16H28NO2P. The lowest BCUT2D eigenvalue weighted by Crippen LogP contribution is -2.31. The van der Waals surface area contributed by atoms with Crippen molar-refractivity contribution in [1.82, 2.24) is 0 Å². The summed E-state index contributed by atoms with van der Waals surface area (Å²) < 4.78 is 0. The summed E-state index contributed by atoms with van der Waals surface area (Å²) in [6.07, 6.45) is 0.